The van der Waals surface area contributed by atoms with Crippen molar-refractivity contribution in [3.8, 4) is 5.75 Å². The Kier molecular flexibility index (Phi) is 6.59. The van der Waals surface area contributed by atoms with E-state index in [1.165, 1.54) is 6.07 Å². The largest absolute Gasteiger partial charge is 0.479 e. The van der Waals surface area contributed by atoms with Gasteiger partial charge in [-0.1, -0.05) is 23.2 Å². The van der Waals surface area contributed by atoms with E-state index in [4.69, 9.17) is 27.9 Å². The molecule has 112 valence electrons. The quantitative estimate of drug-likeness (QED) is 0.876. The van der Waals surface area contributed by atoms with Gasteiger partial charge in [-0.25, -0.2) is 0 Å². The van der Waals surface area contributed by atoms with Crippen LogP contribution >= 0.6 is 23.2 Å². The average Bonchev–Trinajstić information content (AvgIpc) is 2.42. The van der Waals surface area contributed by atoms with Gasteiger partial charge in [0.25, 0.3) is 5.91 Å². The lowest BCUT2D eigenvalue weighted by Crippen LogP contribution is -2.40. The normalized spacial score (nSPS) is 12.1. The summed E-state index contributed by atoms with van der Waals surface area (Å²) in [4.78, 5) is 13.8. The van der Waals surface area contributed by atoms with Gasteiger partial charge >= 0.3 is 0 Å². The average molecular weight is 320 g/mol. The Morgan fingerprint density at radius 3 is 2.45 bits per heavy atom. The van der Waals surface area contributed by atoms with Crippen molar-refractivity contribution in [2.75, 3.05) is 13.1 Å². The monoisotopic (exact) mass is 319 g/mol. The predicted molar refractivity (Wildman–Crippen MR) is 80.4 cm³/mol. The van der Waals surface area contributed by atoms with E-state index in [9.17, 15) is 9.90 Å². The van der Waals surface area contributed by atoms with Crippen LogP contribution < -0.4 is 4.74 Å². The van der Waals surface area contributed by atoms with Gasteiger partial charge in [0, 0.05) is 23.7 Å². The van der Waals surface area contributed by atoms with Crippen molar-refractivity contribution in [2.45, 2.75) is 33.5 Å². The highest BCUT2D eigenvalue weighted by Gasteiger charge is 2.22. The van der Waals surface area contributed by atoms with Crippen LogP contribution in [0.5, 0.6) is 5.75 Å². The first-order valence-corrected chi connectivity index (χ1v) is 7.24. The SMILES string of the molecule is CCN(CC)C(=O)C(C)Oc1c(Cl)cc(Cl)cc1CO. The molecule has 4 nitrogen and oxygen atoms in total. The highest BCUT2D eigenvalue weighted by atomic mass is 35.5. The fourth-order valence-corrected chi connectivity index (χ4v) is 2.46. The predicted octanol–water partition coefficient (Wildman–Crippen LogP) is 3.12. The highest BCUT2D eigenvalue weighted by Crippen LogP contribution is 2.33. The smallest absolute Gasteiger partial charge is 0.263 e. The van der Waals surface area contributed by atoms with Gasteiger partial charge in [-0.15, -0.1) is 0 Å². The third-order valence-corrected chi connectivity index (χ3v) is 3.47. The van der Waals surface area contributed by atoms with Crippen molar-refractivity contribution >= 4 is 29.1 Å². The van der Waals surface area contributed by atoms with Crippen LogP contribution in [-0.4, -0.2) is 35.1 Å². The third-order valence-electron chi connectivity index (χ3n) is 2.97. The van der Waals surface area contributed by atoms with Gasteiger partial charge in [0.1, 0.15) is 5.75 Å². The Morgan fingerprint density at radius 2 is 1.95 bits per heavy atom. The lowest BCUT2D eigenvalue weighted by atomic mass is 10.2. The molecule has 0 saturated heterocycles. The summed E-state index contributed by atoms with van der Waals surface area (Å²) in [6.07, 6.45) is -0.682. The molecular formula is C14H19Cl2NO3. The number of ether oxygens (including phenoxy) is 1. The molecule has 1 N–H and O–H groups in total. The van der Waals surface area contributed by atoms with Crippen LogP contribution in [0.3, 0.4) is 0 Å². The number of amides is 1. The number of halogens is 2. The maximum atomic E-state index is 12.2. The minimum atomic E-state index is -0.682. The van der Waals surface area contributed by atoms with Crippen molar-refractivity contribution < 1.29 is 14.6 Å². The van der Waals surface area contributed by atoms with Crippen molar-refractivity contribution in [3.05, 3.63) is 27.7 Å². The third kappa shape index (κ3) is 4.01. The maximum Gasteiger partial charge on any atom is 0.263 e. The molecular weight excluding hydrogens is 301 g/mol. The van der Waals surface area contributed by atoms with E-state index >= 15 is 0 Å². The summed E-state index contributed by atoms with van der Waals surface area (Å²) in [5.41, 5.74) is 0.460. The number of benzene rings is 1. The molecule has 0 fully saturated rings. The topological polar surface area (TPSA) is 49.8 Å². The highest BCUT2D eigenvalue weighted by molar-refractivity contribution is 6.35. The standard InChI is InChI=1S/C14H19Cl2NO3/c1-4-17(5-2)14(19)9(3)20-13-10(8-18)6-11(15)7-12(13)16/h6-7,9,18H,4-5,8H2,1-3H3. The van der Waals surface area contributed by atoms with Crippen LogP contribution in [0.15, 0.2) is 12.1 Å². The number of rotatable bonds is 6. The molecule has 1 unspecified atom stereocenters. The first-order chi connectivity index (χ1) is 9.44. The second kappa shape index (κ2) is 7.72. The molecule has 1 rings (SSSR count). The van der Waals surface area contributed by atoms with E-state index in [0.29, 0.717) is 29.4 Å². The summed E-state index contributed by atoms with van der Waals surface area (Å²) in [6.45, 7) is 6.44. The Hall–Kier alpha value is -0.970. The molecule has 0 spiro atoms. The van der Waals surface area contributed by atoms with E-state index < -0.39 is 6.10 Å². The Morgan fingerprint density at radius 1 is 1.35 bits per heavy atom. The molecule has 1 amide bonds. The molecule has 20 heavy (non-hydrogen) atoms. The number of hydrogen-bond donors (Lipinski definition) is 1. The summed E-state index contributed by atoms with van der Waals surface area (Å²) in [6, 6.07) is 3.09. The van der Waals surface area contributed by atoms with E-state index in [1.807, 2.05) is 13.8 Å². The van der Waals surface area contributed by atoms with E-state index in [1.54, 1.807) is 17.9 Å². The summed E-state index contributed by atoms with van der Waals surface area (Å²) < 4.78 is 5.63. The van der Waals surface area contributed by atoms with Crippen LogP contribution in [0, 0.1) is 0 Å². The number of nitrogens with zero attached hydrogens (tertiary/aromatic N) is 1. The fourth-order valence-electron chi connectivity index (χ4n) is 1.88. The number of carbonyl (C=O) groups excluding carboxylic acids is 1. The second-order valence-electron chi connectivity index (χ2n) is 4.30. The number of aliphatic hydroxyl groups excluding tert-OH is 1. The Labute approximate surface area is 129 Å². The molecule has 0 saturated carbocycles. The molecule has 0 aromatic heterocycles. The summed E-state index contributed by atoms with van der Waals surface area (Å²) >= 11 is 11.9. The van der Waals surface area contributed by atoms with E-state index in [-0.39, 0.29) is 17.5 Å². The van der Waals surface area contributed by atoms with E-state index in [2.05, 4.69) is 0 Å². The number of carbonyl (C=O) groups is 1. The first kappa shape index (κ1) is 17.1. The first-order valence-electron chi connectivity index (χ1n) is 6.48. The van der Waals surface area contributed by atoms with Gasteiger partial charge in [-0.2, -0.15) is 0 Å². The lowest BCUT2D eigenvalue weighted by molar-refractivity contribution is -0.137. The van der Waals surface area contributed by atoms with Crippen molar-refractivity contribution in [1.29, 1.82) is 0 Å². The van der Waals surface area contributed by atoms with Crippen LogP contribution in [-0.2, 0) is 11.4 Å². The molecule has 1 aromatic rings. The number of aliphatic hydroxyl groups is 1. The summed E-state index contributed by atoms with van der Waals surface area (Å²) in [7, 11) is 0. The molecule has 1 aromatic carbocycles. The molecule has 6 heteroatoms. The zero-order valence-corrected chi connectivity index (χ0v) is 13.3. The van der Waals surface area contributed by atoms with Gasteiger partial charge in [-0.3, -0.25) is 4.79 Å². The molecule has 0 aliphatic rings. The Bertz CT molecular complexity index is 476. The molecule has 0 aliphatic carbocycles. The zero-order chi connectivity index (χ0) is 15.3. The van der Waals surface area contributed by atoms with Gasteiger partial charge in [-0.05, 0) is 32.9 Å². The minimum absolute atomic E-state index is 0.120. The molecule has 1 atom stereocenters. The van der Waals surface area contributed by atoms with Crippen LogP contribution in [0.25, 0.3) is 0 Å². The van der Waals surface area contributed by atoms with Crippen molar-refractivity contribution in [2.24, 2.45) is 0 Å². The lowest BCUT2D eigenvalue weighted by Gasteiger charge is -2.24. The van der Waals surface area contributed by atoms with Gasteiger partial charge in [0.15, 0.2) is 6.10 Å². The van der Waals surface area contributed by atoms with Gasteiger partial charge in [0.05, 0.1) is 11.6 Å². The van der Waals surface area contributed by atoms with Crippen molar-refractivity contribution in [1.82, 2.24) is 4.90 Å². The molecule has 0 aliphatic heterocycles. The van der Waals surface area contributed by atoms with E-state index in [0.717, 1.165) is 0 Å². The number of likely N-dealkylation sites (N-methyl/N-ethyl adjacent to an activating group) is 1. The number of hydrogen-bond acceptors (Lipinski definition) is 3. The van der Waals surface area contributed by atoms with Crippen LogP contribution in [0.1, 0.15) is 26.3 Å². The van der Waals surface area contributed by atoms with Crippen LogP contribution in [0.2, 0.25) is 10.0 Å². The summed E-state index contributed by atoms with van der Waals surface area (Å²) in [5.74, 6) is 0.177. The molecule has 0 radical (unpaired) electrons. The fraction of sp³-hybridized carbons (Fsp3) is 0.500. The molecule has 0 heterocycles. The Balaban J connectivity index is 2.95. The van der Waals surface area contributed by atoms with Gasteiger partial charge in [0.2, 0.25) is 0 Å². The molecule has 0 bridgehead atoms. The zero-order valence-electron chi connectivity index (χ0n) is 11.8. The minimum Gasteiger partial charge on any atom is -0.479 e. The maximum absolute atomic E-state index is 12.2. The second-order valence-corrected chi connectivity index (χ2v) is 5.15. The van der Waals surface area contributed by atoms with Crippen molar-refractivity contribution in [3.63, 3.8) is 0 Å². The van der Waals surface area contributed by atoms with Gasteiger partial charge < -0.3 is 14.7 Å². The summed E-state index contributed by atoms with van der Waals surface area (Å²) in [5, 5.41) is 10.0. The van der Waals surface area contributed by atoms with Crippen LogP contribution in [0.4, 0.5) is 0 Å².